The van der Waals surface area contributed by atoms with Gasteiger partial charge in [0.25, 0.3) is 0 Å². The van der Waals surface area contributed by atoms with E-state index in [-0.39, 0.29) is 5.97 Å². The van der Waals surface area contributed by atoms with Gasteiger partial charge in [0, 0.05) is 52.4 Å². The molecule has 5 nitrogen and oxygen atoms in total. The summed E-state index contributed by atoms with van der Waals surface area (Å²) in [4.78, 5) is 15.8. The van der Waals surface area contributed by atoms with Crippen molar-refractivity contribution in [1.29, 1.82) is 0 Å². The molecule has 190 valence electrons. The van der Waals surface area contributed by atoms with Crippen LogP contribution in [0.3, 0.4) is 0 Å². The molecule has 3 aliphatic rings. The number of carbonyl (C=O) groups excluding carboxylic acids is 1. The first-order valence-electron chi connectivity index (χ1n) is 13.5. The molecule has 0 radical (unpaired) electrons. The van der Waals surface area contributed by atoms with Crippen LogP contribution in [-0.4, -0.2) is 18.6 Å². The van der Waals surface area contributed by atoms with Crippen LogP contribution in [0, 0.1) is 6.92 Å². The monoisotopic (exact) mass is 502 g/mol. The quantitative estimate of drug-likeness (QED) is 0.290. The molecule has 3 aliphatic heterocycles. The highest BCUT2D eigenvalue weighted by Gasteiger charge is 2.53. The van der Waals surface area contributed by atoms with Gasteiger partial charge in [-0.15, -0.1) is 0 Å². The Morgan fingerprint density at radius 2 is 1.71 bits per heavy atom. The average molecular weight is 503 g/mol. The molecule has 0 aromatic heterocycles. The predicted octanol–water partition coefficient (Wildman–Crippen LogP) is 7.69. The van der Waals surface area contributed by atoms with E-state index in [9.17, 15) is 4.79 Å². The van der Waals surface area contributed by atoms with Crippen LogP contribution in [0.25, 0.3) is 0 Å². The second-order valence-corrected chi connectivity index (χ2v) is 10.5. The van der Waals surface area contributed by atoms with Gasteiger partial charge in [-0.3, -0.25) is 0 Å². The molecule has 1 fully saturated rings. The molecule has 1 spiro atoms. The van der Waals surface area contributed by atoms with Crippen LogP contribution in [0.1, 0.15) is 58.8 Å². The van der Waals surface area contributed by atoms with Crippen molar-refractivity contribution in [3.63, 3.8) is 0 Å². The van der Waals surface area contributed by atoms with Crippen LogP contribution in [0.15, 0.2) is 84.9 Å². The lowest BCUT2D eigenvalue weighted by Crippen LogP contribution is -2.34. The lowest BCUT2D eigenvalue weighted by molar-refractivity contribution is 0.0224. The molecular formula is C33H30N2O3. The van der Waals surface area contributed by atoms with Gasteiger partial charge in [-0.25, -0.2) is 4.79 Å². The third-order valence-corrected chi connectivity index (χ3v) is 8.28. The first kappa shape index (κ1) is 22.9. The molecule has 0 amide bonds. The van der Waals surface area contributed by atoms with Gasteiger partial charge >= 0.3 is 5.97 Å². The van der Waals surface area contributed by atoms with Crippen LogP contribution in [-0.2, 0) is 10.3 Å². The standard InChI is InChI=1S/C33H30N2O3/c1-3-23-12-9-17-35(23)24-15-16-27-31(19-24)37-30-18-21(2)29(34-22-10-5-4-6-11-22)20-28(30)33(27)26-14-8-7-13-25(26)32(36)38-33/h4-8,10-11,13-16,18-20,23,34H,3,9,12,17H2,1-2H3. The molecule has 3 heterocycles. The van der Waals surface area contributed by atoms with E-state index in [0.717, 1.165) is 58.0 Å². The summed E-state index contributed by atoms with van der Waals surface area (Å²) in [7, 11) is 0. The number of benzene rings is 4. The Bertz CT molecular complexity index is 1560. The number of ether oxygens (including phenoxy) is 2. The third kappa shape index (κ3) is 3.34. The Morgan fingerprint density at radius 1 is 0.921 bits per heavy atom. The first-order valence-corrected chi connectivity index (χ1v) is 13.5. The fraction of sp³-hybridized carbons (Fsp3) is 0.242. The maximum Gasteiger partial charge on any atom is 0.340 e. The van der Waals surface area contributed by atoms with Crippen LogP contribution in [0.2, 0.25) is 0 Å². The Labute approximate surface area is 223 Å². The summed E-state index contributed by atoms with van der Waals surface area (Å²) in [6.07, 6.45) is 3.53. The van der Waals surface area contributed by atoms with Gasteiger partial charge in [0.05, 0.1) is 5.56 Å². The van der Waals surface area contributed by atoms with E-state index >= 15 is 0 Å². The molecule has 4 aromatic carbocycles. The van der Waals surface area contributed by atoms with Crippen LogP contribution >= 0.6 is 0 Å². The summed E-state index contributed by atoms with van der Waals surface area (Å²) in [6, 6.07) is 28.9. The van der Waals surface area contributed by atoms with E-state index in [4.69, 9.17) is 9.47 Å². The second kappa shape index (κ2) is 8.66. The maximum absolute atomic E-state index is 13.3. The van der Waals surface area contributed by atoms with Gasteiger partial charge in [-0.1, -0.05) is 43.3 Å². The van der Waals surface area contributed by atoms with E-state index in [1.807, 2.05) is 54.6 Å². The number of nitrogens with one attached hydrogen (secondary N) is 1. The molecule has 5 heteroatoms. The zero-order chi connectivity index (χ0) is 25.9. The van der Waals surface area contributed by atoms with E-state index in [1.165, 1.54) is 12.8 Å². The fourth-order valence-electron chi connectivity index (χ4n) is 6.40. The molecular weight excluding hydrogens is 472 g/mol. The maximum atomic E-state index is 13.3. The van der Waals surface area contributed by atoms with Crippen molar-refractivity contribution in [2.75, 3.05) is 16.8 Å². The normalized spacial score (nSPS) is 20.9. The Kier molecular flexibility index (Phi) is 5.22. The molecule has 0 aliphatic carbocycles. The number of aryl methyl sites for hydroxylation is 1. The van der Waals surface area contributed by atoms with E-state index in [0.29, 0.717) is 17.4 Å². The van der Waals surface area contributed by atoms with Crippen LogP contribution < -0.4 is 15.0 Å². The Balaban J connectivity index is 1.42. The molecule has 7 rings (SSSR count). The van der Waals surface area contributed by atoms with E-state index in [2.05, 4.69) is 54.4 Å². The predicted molar refractivity (Wildman–Crippen MR) is 150 cm³/mol. The van der Waals surface area contributed by atoms with Crippen molar-refractivity contribution >= 4 is 23.0 Å². The number of para-hydroxylation sites is 1. The van der Waals surface area contributed by atoms with Crippen molar-refractivity contribution in [3.8, 4) is 11.5 Å². The van der Waals surface area contributed by atoms with Crippen molar-refractivity contribution in [1.82, 2.24) is 0 Å². The van der Waals surface area contributed by atoms with Gasteiger partial charge in [0.1, 0.15) is 11.5 Å². The largest absolute Gasteiger partial charge is 0.456 e. The highest BCUT2D eigenvalue weighted by atomic mass is 16.6. The van der Waals surface area contributed by atoms with Gasteiger partial charge in [0.15, 0.2) is 5.60 Å². The lowest BCUT2D eigenvalue weighted by Gasteiger charge is -2.38. The van der Waals surface area contributed by atoms with Crippen LogP contribution in [0.4, 0.5) is 17.1 Å². The molecule has 4 aromatic rings. The smallest absolute Gasteiger partial charge is 0.340 e. The first-order chi connectivity index (χ1) is 18.6. The summed E-state index contributed by atoms with van der Waals surface area (Å²) in [5.41, 5.74) is 6.19. The minimum atomic E-state index is -1.08. The summed E-state index contributed by atoms with van der Waals surface area (Å²) in [5.74, 6) is 1.14. The number of esters is 1. The van der Waals surface area contributed by atoms with Crippen molar-refractivity contribution in [2.45, 2.75) is 44.8 Å². The molecule has 0 saturated carbocycles. The minimum Gasteiger partial charge on any atom is -0.456 e. The van der Waals surface area contributed by atoms with Crippen molar-refractivity contribution in [3.05, 3.63) is 113 Å². The number of hydrogen-bond acceptors (Lipinski definition) is 5. The highest BCUT2D eigenvalue weighted by molar-refractivity contribution is 5.97. The minimum absolute atomic E-state index is 0.313. The lowest BCUT2D eigenvalue weighted by atomic mass is 9.77. The van der Waals surface area contributed by atoms with Gasteiger partial charge in [-0.05, 0) is 74.2 Å². The average Bonchev–Trinajstić information content (AvgIpc) is 3.53. The Hall–Kier alpha value is -4.25. The topological polar surface area (TPSA) is 50.8 Å². The molecule has 2 unspecified atom stereocenters. The van der Waals surface area contributed by atoms with E-state index in [1.54, 1.807) is 0 Å². The summed E-state index contributed by atoms with van der Waals surface area (Å²) in [5, 5.41) is 3.54. The van der Waals surface area contributed by atoms with Crippen molar-refractivity contribution in [2.24, 2.45) is 0 Å². The summed E-state index contributed by atoms with van der Waals surface area (Å²) < 4.78 is 13.0. The molecule has 1 saturated heterocycles. The number of nitrogens with zero attached hydrogens (tertiary/aromatic N) is 1. The molecule has 2 atom stereocenters. The molecule has 1 N–H and O–H groups in total. The number of rotatable bonds is 4. The highest BCUT2D eigenvalue weighted by Crippen LogP contribution is 2.57. The SMILES string of the molecule is CCC1CCCN1c1ccc2c(c1)Oc1cc(C)c(Nc3ccccc3)cc1C21OC(=O)c2ccccc21. The van der Waals surface area contributed by atoms with Gasteiger partial charge in [-0.2, -0.15) is 0 Å². The zero-order valence-corrected chi connectivity index (χ0v) is 21.7. The second-order valence-electron chi connectivity index (χ2n) is 10.5. The molecule has 38 heavy (non-hydrogen) atoms. The number of hydrogen-bond donors (Lipinski definition) is 1. The van der Waals surface area contributed by atoms with E-state index < -0.39 is 5.60 Å². The van der Waals surface area contributed by atoms with Gasteiger partial charge < -0.3 is 19.7 Å². The summed E-state index contributed by atoms with van der Waals surface area (Å²) in [6.45, 7) is 5.37. The number of anilines is 3. The number of fused-ring (bicyclic) bond motifs is 6. The number of carbonyl (C=O) groups is 1. The van der Waals surface area contributed by atoms with Gasteiger partial charge in [0.2, 0.25) is 0 Å². The van der Waals surface area contributed by atoms with Crippen molar-refractivity contribution < 1.29 is 14.3 Å². The van der Waals surface area contributed by atoms with Crippen LogP contribution in [0.5, 0.6) is 11.5 Å². The Morgan fingerprint density at radius 3 is 2.55 bits per heavy atom. The summed E-state index contributed by atoms with van der Waals surface area (Å²) >= 11 is 0. The third-order valence-electron chi connectivity index (χ3n) is 8.28. The fourth-order valence-corrected chi connectivity index (χ4v) is 6.40. The zero-order valence-electron chi connectivity index (χ0n) is 21.7. The molecule has 0 bridgehead atoms.